The molecular weight excluding hydrogens is 250 g/mol. The first-order valence-corrected chi connectivity index (χ1v) is 7.16. The SMILES string of the molecule is O=C(c1nccc2ccccc12)N1C[C@H]2CNC[C@H]2C1. The lowest BCUT2D eigenvalue weighted by Gasteiger charge is -2.17. The summed E-state index contributed by atoms with van der Waals surface area (Å²) in [6.45, 7) is 3.80. The monoisotopic (exact) mass is 267 g/mol. The molecule has 0 spiro atoms. The molecule has 0 saturated carbocycles. The van der Waals surface area contributed by atoms with E-state index in [1.54, 1.807) is 6.20 Å². The highest BCUT2D eigenvalue weighted by Gasteiger charge is 2.38. The topological polar surface area (TPSA) is 45.2 Å². The van der Waals surface area contributed by atoms with E-state index in [-0.39, 0.29) is 5.91 Å². The van der Waals surface area contributed by atoms with Crippen LogP contribution in [0.5, 0.6) is 0 Å². The zero-order valence-electron chi connectivity index (χ0n) is 11.2. The van der Waals surface area contributed by atoms with Crippen molar-refractivity contribution in [1.29, 1.82) is 0 Å². The van der Waals surface area contributed by atoms with Gasteiger partial charge in [0.15, 0.2) is 0 Å². The van der Waals surface area contributed by atoms with E-state index < -0.39 is 0 Å². The number of amides is 1. The molecule has 1 aromatic heterocycles. The van der Waals surface area contributed by atoms with Crippen molar-refractivity contribution in [2.24, 2.45) is 11.8 Å². The van der Waals surface area contributed by atoms with Gasteiger partial charge in [0.05, 0.1) is 0 Å². The molecule has 4 heteroatoms. The van der Waals surface area contributed by atoms with Crippen molar-refractivity contribution in [3.05, 3.63) is 42.2 Å². The lowest BCUT2D eigenvalue weighted by Crippen LogP contribution is -2.32. The minimum absolute atomic E-state index is 0.0798. The van der Waals surface area contributed by atoms with Crippen molar-refractivity contribution in [1.82, 2.24) is 15.2 Å². The van der Waals surface area contributed by atoms with Crippen LogP contribution in [-0.2, 0) is 0 Å². The minimum atomic E-state index is 0.0798. The summed E-state index contributed by atoms with van der Waals surface area (Å²) in [5.74, 6) is 1.32. The standard InChI is InChI=1S/C16H17N3O/c20-16(19-9-12-7-17-8-13(12)10-19)15-14-4-2-1-3-11(14)5-6-18-15/h1-6,12-13,17H,7-10H2/t12-,13+. The Bertz CT molecular complexity index is 652. The van der Waals surface area contributed by atoms with E-state index in [9.17, 15) is 4.79 Å². The van der Waals surface area contributed by atoms with Crippen LogP contribution < -0.4 is 5.32 Å². The Kier molecular flexibility index (Phi) is 2.70. The van der Waals surface area contributed by atoms with Gasteiger partial charge in [-0.1, -0.05) is 24.3 Å². The Labute approximate surface area is 117 Å². The fraction of sp³-hybridized carbons (Fsp3) is 0.375. The molecule has 3 heterocycles. The zero-order valence-corrected chi connectivity index (χ0v) is 11.2. The van der Waals surface area contributed by atoms with E-state index in [0.29, 0.717) is 17.5 Å². The molecule has 2 fully saturated rings. The van der Waals surface area contributed by atoms with Gasteiger partial charge in [0.2, 0.25) is 0 Å². The summed E-state index contributed by atoms with van der Waals surface area (Å²) in [4.78, 5) is 19.1. The number of hydrogen-bond donors (Lipinski definition) is 1. The maximum absolute atomic E-state index is 12.7. The number of hydrogen-bond acceptors (Lipinski definition) is 3. The van der Waals surface area contributed by atoms with Crippen LogP contribution in [-0.4, -0.2) is 42.0 Å². The Morgan fingerprint density at radius 1 is 1.15 bits per heavy atom. The Balaban J connectivity index is 1.68. The molecule has 1 N–H and O–H groups in total. The molecule has 0 radical (unpaired) electrons. The third kappa shape index (κ3) is 1.79. The summed E-state index contributed by atoms with van der Waals surface area (Å²) in [6, 6.07) is 9.91. The number of carbonyl (C=O) groups is 1. The number of rotatable bonds is 1. The van der Waals surface area contributed by atoms with Gasteiger partial charge in [0.25, 0.3) is 5.91 Å². The van der Waals surface area contributed by atoms with Crippen LogP contribution in [0.3, 0.4) is 0 Å². The summed E-state index contributed by atoms with van der Waals surface area (Å²) in [6.07, 6.45) is 1.73. The van der Waals surface area contributed by atoms with Crippen molar-refractivity contribution in [3.8, 4) is 0 Å². The maximum atomic E-state index is 12.7. The second kappa shape index (κ2) is 4.56. The van der Waals surface area contributed by atoms with Crippen LogP contribution in [0.25, 0.3) is 10.8 Å². The zero-order chi connectivity index (χ0) is 13.5. The lowest BCUT2D eigenvalue weighted by atomic mass is 10.0. The Morgan fingerprint density at radius 2 is 1.90 bits per heavy atom. The third-order valence-corrected chi connectivity index (χ3v) is 4.55. The summed E-state index contributed by atoms with van der Waals surface area (Å²) in [7, 11) is 0. The predicted octanol–water partition coefficient (Wildman–Crippen LogP) is 1.53. The lowest BCUT2D eigenvalue weighted by molar-refractivity contribution is 0.0778. The van der Waals surface area contributed by atoms with Crippen LogP contribution >= 0.6 is 0 Å². The molecule has 2 aliphatic heterocycles. The van der Waals surface area contributed by atoms with Crippen LogP contribution in [0.4, 0.5) is 0 Å². The number of pyridine rings is 1. The summed E-state index contributed by atoms with van der Waals surface area (Å²) in [5, 5.41) is 5.43. The van der Waals surface area contributed by atoms with E-state index in [1.807, 2.05) is 35.2 Å². The first-order chi connectivity index (χ1) is 9.83. The van der Waals surface area contributed by atoms with Gasteiger partial charge >= 0.3 is 0 Å². The average molecular weight is 267 g/mol. The van der Waals surface area contributed by atoms with Gasteiger partial charge in [-0.25, -0.2) is 0 Å². The maximum Gasteiger partial charge on any atom is 0.273 e. The number of fused-ring (bicyclic) bond motifs is 2. The highest BCUT2D eigenvalue weighted by Crippen LogP contribution is 2.28. The first kappa shape index (κ1) is 11.9. The van der Waals surface area contributed by atoms with Gasteiger partial charge in [-0.3, -0.25) is 9.78 Å². The molecule has 1 amide bonds. The third-order valence-electron chi connectivity index (χ3n) is 4.55. The summed E-state index contributed by atoms with van der Waals surface area (Å²) >= 11 is 0. The van der Waals surface area contributed by atoms with Gasteiger partial charge in [-0.05, 0) is 23.3 Å². The second-order valence-corrected chi connectivity index (χ2v) is 5.77. The molecule has 2 saturated heterocycles. The quantitative estimate of drug-likeness (QED) is 0.852. The van der Waals surface area contributed by atoms with Gasteiger partial charge in [-0.15, -0.1) is 0 Å². The Morgan fingerprint density at radius 3 is 2.70 bits per heavy atom. The van der Waals surface area contributed by atoms with Gasteiger partial charge in [-0.2, -0.15) is 0 Å². The van der Waals surface area contributed by atoms with E-state index in [2.05, 4.69) is 10.3 Å². The molecular formula is C16H17N3O. The second-order valence-electron chi connectivity index (χ2n) is 5.77. The van der Waals surface area contributed by atoms with Crippen LogP contribution in [0.1, 0.15) is 10.5 Å². The summed E-state index contributed by atoms with van der Waals surface area (Å²) < 4.78 is 0. The van der Waals surface area contributed by atoms with Gasteiger partial charge in [0.1, 0.15) is 5.69 Å². The molecule has 102 valence electrons. The molecule has 1 aromatic carbocycles. The normalized spacial score (nSPS) is 25.1. The number of aromatic nitrogens is 1. The van der Waals surface area contributed by atoms with Crippen molar-refractivity contribution < 1.29 is 4.79 Å². The fourth-order valence-electron chi connectivity index (χ4n) is 3.46. The molecule has 20 heavy (non-hydrogen) atoms. The number of nitrogens with zero attached hydrogens (tertiary/aromatic N) is 2. The van der Waals surface area contributed by atoms with E-state index in [1.165, 1.54) is 0 Å². The first-order valence-electron chi connectivity index (χ1n) is 7.16. The average Bonchev–Trinajstić information content (AvgIpc) is 3.07. The number of nitrogens with one attached hydrogen (secondary N) is 1. The molecule has 4 nitrogen and oxygen atoms in total. The molecule has 2 atom stereocenters. The van der Waals surface area contributed by atoms with Crippen molar-refractivity contribution in [2.75, 3.05) is 26.2 Å². The van der Waals surface area contributed by atoms with E-state index >= 15 is 0 Å². The number of benzene rings is 1. The number of carbonyl (C=O) groups excluding carboxylic acids is 1. The van der Waals surface area contributed by atoms with Gasteiger partial charge in [0, 0.05) is 37.8 Å². The summed E-state index contributed by atoms with van der Waals surface area (Å²) in [5.41, 5.74) is 0.594. The highest BCUT2D eigenvalue weighted by molar-refractivity contribution is 6.05. The smallest absolute Gasteiger partial charge is 0.273 e. The number of likely N-dealkylation sites (tertiary alicyclic amines) is 1. The molecule has 0 aliphatic carbocycles. The molecule has 2 aliphatic rings. The largest absolute Gasteiger partial charge is 0.337 e. The molecule has 0 unspecified atom stereocenters. The minimum Gasteiger partial charge on any atom is -0.337 e. The van der Waals surface area contributed by atoms with E-state index in [4.69, 9.17) is 0 Å². The fourth-order valence-corrected chi connectivity index (χ4v) is 3.46. The van der Waals surface area contributed by atoms with E-state index in [0.717, 1.165) is 37.0 Å². The predicted molar refractivity (Wildman–Crippen MR) is 77.5 cm³/mol. The van der Waals surface area contributed by atoms with Crippen LogP contribution in [0.2, 0.25) is 0 Å². The Hall–Kier alpha value is -1.94. The van der Waals surface area contributed by atoms with Crippen LogP contribution in [0, 0.1) is 11.8 Å². The van der Waals surface area contributed by atoms with Crippen LogP contribution in [0.15, 0.2) is 36.5 Å². The van der Waals surface area contributed by atoms with Crippen molar-refractivity contribution in [2.45, 2.75) is 0 Å². The highest BCUT2D eigenvalue weighted by atomic mass is 16.2. The molecule has 4 rings (SSSR count). The van der Waals surface area contributed by atoms with Crippen molar-refractivity contribution in [3.63, 3.8) is 0 Å². The van der Waals surface area contributed by atoms with Gasteiger partial charge < -0.3 is 10.2 Å². The molecule has 2 aromatic rings. The van der Waals surface area contributed by atoms with Crippen molar-refractivity contribution >= 4 is 16.7 Å². The molecule has 0 bridgehead atoms.